The van der Waals surface area contributed by atoms with E-state index in [9.17, 15) is 9.59 Å². The zero-order valence-electron chi connectivity index (χ0n) is 14.9. The molecule has 134 valence electrons. The van der Waals surface area contributed by atoms with Crippen LogP contribution in [0.3, 0.4) is 0 Å². The van der Waals surface area contributed by atoms with Gasteiger partial charge in [0.2, 0.25) is 5.91 Å². The molecule has 0 saturated heterocycles. The molecule has 1 unspecified atom stereocenters. The summed E-state index contributed by atoms with van der Waals surface area (Å²) in [6.45, 7) is 7.57. The number of amides is 1. The Kier molecular flexibility index (Phi) is 7.24. The number of carbonyl (C=O) groups excluding carboxylic acids is 2. The molecule has 2 N–H and O–H groups in total. The number of anilines is 1. The summed E-state index contributed by atoms with van der Waals surface area (Å²) in [5, 5.41) is 6.69. The highest BCUT2D eigenvalue weighted by atomic mass is 32.1. The summed E-state index contributed by atoms with van der Waals surface area (Å²) in [5.41, 5.74) is 1.65. The van der Waals surface area contributed by atoms with Gasteiger partial charge in [0.1, 0.15) is 5.00 Å². The molecule has 0 aliphatic heterocycles. The summed E-state index contributed by atoms with van der Waals surface area (Å²) in [6, 6.07) is 0. The van der Waals surface area contributed by atoms with Crippen molar-refractivity contribution < 1.29 is 14.3 Å². The van der Waals surface area contributed by atoms with Crippen molar-refractivity contribution in [1.29, 1.82) is 0 Å². The van der Waals surface area contributed by atoms with E-state index in [1.165, 1.54) is 16.2 Å². The van der Waals surface area contributed by atoms with E-state index in [2.05, 4.69) is 24.5 Å². The summed E-state index contributed by atoms with van der Waals surface area (Å²) in [4.78, 5) is 25.8. The van der Waals surface area contributed by atoms with Gasteiger partial charge in [-0.1, -0.05) is 20.3 Å². The molecule has 1 aromatic rings. The SMILES string of the molecule is CCCCNCC(=O)Nc1sc2c(c1C(=O)OCC)CCC(C)C2. The minimum atomic E-state index is -0.321. The lowest BCUT2D eigenvalue weighted by Gasteiger charge is -2.18. The first-order valence-corrected chi connectivity index (χ1v) is 9.70. The van der Waals surface area contributed by atoms with Crippen molar-refractivity contribution in [3.8, 4) is 0 Å². The van der Waals surface area contributed by atoms with Crippen LogP contribution >= 0.6 is 11.3 Å². The molecule has 1 amide bonds. The molecule has 0 bridgehead atoms. The Balaban J connectivity index is 2.13. The predicted molar refractivity (Wildman–Crippen MR) is 97.9 cm³/mol. The van der Waals surface area contributed by atoms with Crippen LogP contribution in [0, 0.1) is 5.92 Å². The molecular weight excluding hydrogens is 324 g/mol. The van der Waals surface area contributed by atoms with E-state index < -0.39 is 0 Å². The number of unbranched alkanes of at least 4 members (excludes halogenated alkanes) is 1. The molecule has 1 atom stereocenters. The van der Waals surface area contributed by atoms with Gasteiger partial charge < -0.3 is 15.4 Å². The van der Waals surface area contributed by atoms with Crippen LogP contribution < -0.4 is 10.6 Å². The number of nitrogens with one attached hydrogen (secondary N) is 2. The number of hydrogen-bond acceptors (Lipinski definition) is 5. The van der Waals surface area contributed by atoms with Crippen molar-refractivity contribution in [2.75, 3.05) is 25.0 Å². The number of hydrogen-bond donors (Lipinski definition) is 2. The van der Waals surface area contributed by atoms with Crippen molar-refractivity contribution >= 4 is 28.2 Å². The number of thiophene rings is 1. The molecule has 1 heterocycles. The minimum Gasteiger partial charge on any atom is -0.462 e. The van der Waals surface area contributed by atoms with Crippen molar-refractivity contribution in [2.45, 2.75) is 52.9 Å². The lowest BCUT2D eigenvalue weighted by atomic mass is 9.88. The first-order chi connectivity index (χ1) is 11.6. The molecule has 0 fully saturated rings. The number of fused-ring (bicyclic) bond motifs is 1. The number of esters is 1. The normalized spacial score (nSPS) is 16.5. The average Bonchev–Trinajstić information content (AvgIpc) is 2.88. The average molecular weight is 353 g/mol. The van der Waals surface area contributed by atoms with Crippen LogP contribution in [-0.2, 0) is 22.4 Å². The van der Waals surface area contributed by atoms with Crippen LogP contribution in [0.15, 0.2) is 0 Å². The van der Waals surface area contributed by atoms with Gasteiger partial charge in [0.15, 0.2) is 0 Å². The van der Waals surface area contributed by atoms with Gasteiger partial charge in [-0.3, -0.25) is 4.79 Å². The van der Waals surface area contributed by atoms with Crippen molar-refractivity contribution in [3.63, 3.8) is 0 Å². The topological polar surface area (TPSA) is 67.4 Å². The van der Waals surface area contributed by atoms with Gasteiger partial charge in [-0.2, -0.15) is 0 Å². The second-order valence-corrected chi connectivity index (χ2v) is 7.46. The van der Waals surface area contributed by atoms with E-state index in [0.29, 0.717) is 23.1 Å². The summed E-state index contributed by atoms with van der Waals surface area (Å²) < 4.78 is 5.22. The van der Waals surface area contributed by atoms with Gasteiger partial charge in [0.05, 0.1) is 18.7 Å². The van der Waals surface area contributed by atoms with Crippen LogP contribution in [0.25, 0.3) is 0 Å². The van der Waals surface area contributed by atoms with Gasteiger partial charge in [0, 0.05) is 4.88 Å². The van der Waals surface area contributed by atoms with Crippen LogP contribution in [0.2, 0.25) is 0 Å². The summed E-state index contributed by atoms with van der Waals surface area (Å²) in [7, 11) is 0. The second kappa shape index (κ2) is 9.18. The monoisotopic (exact) mass is 352 g/mol. The van der Waals surface area contributed by atoms with E-state index in [-0.39, 0.29) is 18.4 Å². The molecule has 5 nitrogen and oxygen atoms in total. The molecule has 1 aliphatic rings. The standard InChI is InChI=1S/C18H28N2O3S/c1-4-6-9-19-11-15(21)20-17-16(18(22)23-5-2)13-8-7-12(3)10-14(13)24-17/h12,19H,4-11H2,1-3H3,(H,20,21). The van der Waals surface area contributed by atoms with Gasteiger partial charge in [-0.05, 0) is 50.6 Å². The Morgan fingerprint density at radius 3 is 2.83 bits per heavy atom. The van der Waals surface area contributed by atoms with E-state index in [1.807, 2.05) is 0 Å². The Morgan fingerprint density at radius 1 is 1.33 bits per heavy atom. The first-order valence-electron chi connectivity index (χ1n) is 8.89. The third-order valence-corrected chi connectivity index (χ3v) is 5.41. The molecule has 0 spiro atoms. The second-order valence-electron chi connectivity index (χ2n) is 6.35. The molecular formula is C18H28N2O3S. The van der Waals surface area contributed by atoms with Crippen LogP contribution in [0.1, 0.15) is 60.8 Å². The molecule has 24 heavy (non-hydrogen) atoms. The smallest absolute Gasteiger partial charge is 0.341 e. The van der Waals surface area contributed by atoms with Crippen molar-refractivity contribution in [1.82, 2.24) is 5.32 Å². The van der Waals surface area contributed by atoms with Crippen molar-refractivity contribution in [2.24, 2.45) is 5.92 Å². The van der Waals surface area contributed by atoms with E-state index in [1.54, 1.807) is 6.92 Å². The quantitative estimate of drug-likeness (QED) is 0.556. The van der Waals surface area contributed by atoms with Gasteiger partial charge in [-0.25, -0.2) is 4.79 Å². The molecule has 0 aromatic carbocycles. The fourth-order valence-corrected chi connectivity index (χ4v) is 4.35. The van der Waals surface area contributed by atoms with Crippen LogP contribution in [0.4, 0.5) is 5.00 Å². The Morgan fingerprint density at radius 2 is 2.12 bits per heavy atom. The Hall–Kier alpha value is -1.40. The molecule has 0 radical (unpaired) electrons. The van der Waals surface area contributed by atoms with E-state index in [0.717, 1.165) is 44.2 Å². The highest BCUT2D eigenvalue weighted by Gasteiger charge is 2.29. The third-order valence-electron chi connectivity index (χ3n) is 4.24. The van der Waals surface area contributed by atoms with Crippen LogP contribution in [-0.4, -0.2) is 31.6 Å². The maximum absolute atomic E-state index is 12.4. The Labute approximate surface area is 148 Å². The highest BCUT2D eigenvalue weighted by molar-refractivity contribution is 7.17. The molecule has 1 aromatic heterocycles. The summed E-state index contributed by atoms with van der Waals surface area (Å²) >= 11 is 1.53. The molecule has 0 saturated carbocycles. The van der Waals surface area contributed by atoms with Crippen molar-refractivity contribution in [3.05, 3.63) is 16.0 Å². The molecule has 6 heteroatoms. The highest BCUT2D eigenvalue weighted by Crippen LogP contribution is 2.40. The van der Waals surface area contributed by atoms with Gasteiger partial charge in [0.25, 0.3) is 0 Å². The van der Waals surface area contributed by atoms with Gasteiger partial charge >= 0.3 is 5.97 Å². The van der Waals surface area contributed by atoms with E-state index in [4.69, 9.17) is 4.74 Å². The number of rotatable bonds is 8. The first kappa shape index (κ1) is 18.9. The van der Waals surface area contributed by atoms with Gasteiger partial charge in [-0.15, -0.1) is 11.3 Å². The zero-order chi connectivity index (χ0) is 17.5. The molecule has 1 aliphatic carbocycles. The fraction of sp³-hybridized carbons (Fsp3) is 0.667. The largest absolute Gasteiger partial charge is 0.462 e. The minimum absolute atomic E-state index is 0.108. The molecule has 2 rings (SSSR count). The predicted octanol–water partition coefficient (Wildman–Crippen LogP) is 3.38. The van der Waals surface area contributed by atoms with E-state index >= 15 is 0 Å². The maximum atomic E-state index is 12.4. The van der Waals surface area contributed by atoms with Crippen LogP contribution in [0.5, 0.6) is 0 Å². The Bertz CT molecular complexity index is 583. The maximum Gasteiger partial charge on any atom is 0.341 e. The third kappa shape index (κ3) is 4.80. The summed E-state index contributed by atoms with van der Waals surface area (Å²) in [6.07, 6.45) is 5.06. The number of carbonyl (C=O) groups is 2. The lowest BCUT2D eigenvalue weighted by Crippen LogP contribution is -2.29. The summed E-state index contributed by atoms with van der Waals surface area (Å²) in [5.74, 6) is 0.188. The lowest BCUT2D eigenvalue weighted by molar-refractivity contribution is -0.115. The fourth-order valence-electron chi connectivity index (χ4n) is 2.93. The number of ether oxygens (including phenoxy) is 1. The zero-order valence-corrected chi connectivity index (χ0v) is 15.7.